The van der Waals surface area contributed by atoms with Crippen molar-refractivity contribution in [2.45, 2.75) is 6.92 Å². The van der Waals surface area contributed by atoms with Crippen LogP contribution in [0.2, 0.25) is 0 Å². The van der Waals surface area contributed by atoms with Crippen molar-refractivity contribution in [3.63, 3.8) is 0 Å². The van der Waals surface area contributed by atoms with Crippen molar-refractivity contribution in [2.24, 2.45) is 0 Å². The molecule has 0 amide bonds. The van der Waals surface area contributed by atoms with Crippen molar-refractivity contribution in [1.82, 2.24) is 0 Å². The van der Waals surface area contributed by atoms with E-state index >= 15 is 0 Å². The van der Waals surface area contributed by atoms with Crippen molar-refractivity contribution < 1.29 is 18.8 Å². The first-order chi connectivity index (χ1) is 7.75. The molecule has 1 aliphatic heterocycles. The zero-order valence-electron chi connectivity index (χ0n) is 9.18. The predicted molar refractivity (Wildman–Crippen MR) is 58.7 cm³/mol. The molecule has 0 radical (unpaired) electrons. The van der Waals surface area contributed by atoms with Crippen LogP contribution in [0.15, 0.2) is 30.3 Å². The van der Waals surface area contributed by atoms with Crippen LogP contribution in [-0.4, -0.2) is 36.1 Å². The van der Waals surface area contributed by atoms with Gasteiger partial charge < -0.3 is 9.47 Å². The summed E-state index contributed by atoms with van der Waals surface area (Å²) in [7, 11) is 0. The molecule has 16 heavy (non-hydrogen) atoms. The summed E-state index contributed by atoms with van der Waals surface area (Å²) in [5.41, 5.74) is 0. The lowest BCUT2D eigenvalue weighted by molar-refractivity contribution is -0.508. The monoisotopic (exact) mass is 220 g/mol. The molecule has 0 atom stereocenters. The van der Waals surface area contributed by atoms with Crippen LogP contribution in [0.3, 0.4) is 0 Å². The van der Waals surface area contributed by atoms with Crippen LogP contribution >= 0.6 is 0 Å². The van der Waals surface area contributed by atoms with Gasteiger partial charge >= 0.3 is 11.9 Å². The van der Waals surface area contributed by atoms with E-state index in [2.05, 4.69) is 0 Å². The second-order valence-corrected chi connectivity index (χ2v) is 3.58. The molecular weight excluding hydrogens is 206 g/mol. The van der Waals surface area contributed by atoms with E-state index in [1.165, 1.54) is 0 Å². The van der Waals surface area contributed by atoms with Gasteiger partial charge in [-0.1, -0.05) is 18.2 Å². The Balaban J connectivity index is 1.92. The van der Waals surface area contributed by atoms with Crippen LogP contribution in [0.4, 0.5) is 0 Å². The topological polar surface area (TPSA) is 38.5 Å². The zero-order chi connectivity index (χ0) is 11.4. The normalized spacial score (nSPS) is 14.8. The fourth-order valence-corrected chi connectivity index (χ4v) is 1.55. The van der Waals surface area contributed by atoms with Crippen LogP contribution in [0, 0.1) is 0 Å². The van der Waals surface area contributed by atoms with Crippen LogP contribution in [-0.2, 0) is 9.53 Å². The highest BCUT2D eigenvalue weighted by Gasteiger charge is 2.23. The first-order valence-corrected chi connectivity index (χ1v) is 5.23. The van der Waals surface area contributed by atoms with Gasteiger partial charge in [0, 0.05) is 0 Å². The quantitative estimate of drug-likeness (QED) is 0.434. The first kappa shape index (κ1) is 10.7. The van der Waals surface area contributed by atoms with Crippen molar-refractivity contribution in [3.8, 4) is 5.75 Å². The minimum absolute atomic E-state index is 0.237. The molecule has 0 aromatic heterocycles. The molecule has 0 fully saturated rings. The van der Waals surface area contributed by atoms with Gasteiger partial charge in [0.1, 0.15) is 5.75 Å². The smallest absolute Gasteiger partial charge is 0.377 e. The van der Waals surface area contributed by atoms with Gasteiger partial charge in [-0.25, -0.2) is 4.79 Å². The lowest BCUT2D eigenvalue weighted by Crippen LogP contribution is -2.26. The molecule has 84 valence electrons. The average molecular weight is 220 g/mol. The van der Waals surface area contributed by atoms with Crippen molar-refractivity contribution in [1.29, 1.82) is 0 Å². The Hall–Kier alpha value is -1.84. The highest BCUT2D eigenvalue weighted by molar-refractivity contribution is 5.75. The fourth-order valence-electron chi connectivity index (χ4n) is 1.55. The largest absolute Gasteiger partial charge is 0.442 e. The molecule has 0 saturated carbocycles. The predicted octanol–water partition coefficient (Wildman–Crippen LogP) is 1.05. The van der Waals surface area contributed by atoms with E-state index in [1.54, 1.807) is 12.1 Å². The number of carbonyl (C=O) groups excluding carboxylic acids is 1. The summed E-state index contributed by atoms with van der Waals surface area (Å²) in [6.07, 6.45) is 0. The summed E-state index contributed by atoms with van der Waals surface area (Å²) in [6, 6.07) is 9.06. The van der Waals surface area contributed by atoms with Gasteiger partial charge in [-0.05, 0) is 12.1 Å². The standard InChI is InChI=1S/C12H14NO3/c1-10-13(7-8-15-10)9-12(14)16-11-5-3-2-4-6-11/h2-6H,7-9H2,1H3/q+1. The van der Waals surface area contributed by atoms with E-state index in [-0.39, 0.29) is 12.5 Å². The maximum atomic E-state index is 11.6. The molecule has 1 heterocycles. The van der Waals surface area contributed by atoms with Crippen molar-refractivity contribution in [3.05, 3.63) is 30.3 Å². The molecule has 0 unspecified atom stereocenters. The molecule has 0 saturated heterocycles. The van der Waals surface area contributed by atoms with E-state index in [9.17, 15) is 4.79 Å². The molecule has 2 rings (SSSR count). The number of hydrogen-bond acceptors (Lipinski definition) is 3. The summed E-state index contributed by atoms with van der Waals surface area (Å²) in [6.45, 7) is 3.48. The Kier molecular flexibility index (Phi) is 3.19. The third-order valence-corrected chi connectivity index (χ3v) is 2.41. The highest BCUT2D eigenvalue weighted by Crippen LogP contribution is 2.08. The third kappa shape index (κ3) is 2.59. The fraction of sp³-hybridized carbons (Fsp3) is 0.333. The molecule has 1 aliphatic rings. The zero-order valence-corrected chi connectivity index (χ0v) is 9.18. The molecule has 0 N–H and O–H groups in total. The summed E-state index contributed by atoms with van der Waals surface area (Å²) < 4.78 is 12.3. The Morgan fingerprint density at radius 1 is 1.44 bits per heavy atom. The first-order valence-electron chi connectivity index (χ1n) is 5.23. The van der Waals surface area contributed by atoms with Crippen LogP contribution in [0.1, 0.15) is 6.92 Å². The van der Waals surface area contributed by atoms with Gasteiger partial charge in [-0.3, -0.25) is 0 Å². The molecule has 4 heteroatoms. The van der Waals surface area contributed by atoms with E-state index in [1.807, 2.05) is 29.7 Å². The second kappa shape index (κ2) is 4.79. The molecule has 0 spiro atoms. The third-order valence-electron chi connectivity index (χ3n) is 2.41. The van der Waals surface area contributed by atoms with Gasteiger partial charge in [0.15, 0.2) is 13.2 Å². The maximum Gasteiger partial charge on any atom is 0.377 e. The Labute approximate surface area is 94.1 Å². The lowest BCUT2D eigenvalue weighted by Gasteiger charge is -2.01. The Bertz CT molecular complexity index is 412. The number of ether oxygens (including phenoxy) is 2. The number of benzene rings is 1. The number of nitrogens with zero attached hydrogens (tertiary/aromatic N) is 1. The molecule has 0 aliphatic carbocycles. The summed E-state index contributed by atoms with van der Waals surface area (Å²) in [4.78, 5) is 11.6. The van der Waals surface area contributed by atoms with E-state index in [0.29, 0.717) is 12.4 Å². The Morgan fingerprint density at radius 3 is 2.81 bits per heavy atom. The number of esters is 1. The number of hydrogen-bond donors (Lipinski definition) is 0. The molecule has 1 aromatic rings. The van der Waals surface area contributed by atoms with E-state index in [4.69, 9.17) is 9.47 Å². The Morgan fingerprint density at radius 2 is 2.19 bits per heavy atom. The van der Waals surface area contributed by atoms with Crippen LogP contribution in [0.25, 0.3) is 0 Å². The number of rotatable bonds is 3. The van der Waals surface area contributed by atoms with Gasteiger partial charge in [-0.15, -0.1) is 0 Å². The molecule has 1 aromatic carbocycles. The second-order valence-electron chi connectivity index (χ2n) is 3.58. The minimum atomic E-state index is -0.268. The van der Waals surface area contributed by atoms with Gasteiger partial charge in [-0.2, -0.15) is 4.58 Å². The maximum absolute atomic E-state index is 11.6. The molecule has 0 bridgehead atoms. The average Bonchev–Trinajstić information content (AvgIpc) is 2.66. The van der Waals surface area contributed by atoms with Crippen LogP contribution in [0.5, 0.6) is 5.75 Å². The summed E-state index contributed by atoms with van der Waals surface area (Å²) in [5.74, 6) is 1.09. The minimum Gasteiger partial charge on any atom is -0.442 e. The number of para-hydroxylation sites is 1. The molecular formula is C12H14NO3+. The number of carbonyl (C=O) groups is 1. The van der Waals surface area contributed by atoms with Crippen LogP contribution < -0.4 is 4.74 Å². The lowest BCUT2D eigenvalue weighted by atomic mass is 10.3. The van der Waals surface area contributed by atoms with E-state index < -0.39 is 0 Å². The highest BCUT2D eigenvalue weighted by atomic mass is 16.5. The van der Waals surface area contributed by atoms with E-state index in [0.717, 1.165) is 12.4 Å². The van der Waals surface area contributed by atoms with Gasteiger partial charge in [0.05, 0.1) is 6.92 Å². The molecule has 4 nitrogen and oxygen atoms in total. The van der Waals surface area contributed by atoms with Crippen molar-refractivity contribution >= 4 is 11.9 Å². The summed E-state index contributed by atoms with van der Waals surface area (Å²) >= 11 is 0. The SMILES string of the molecule is CC1=[N+](CC(=O)Oc2ccccc2)CCO1. The van der Waals surface area contributed by atoms with Gasteiger partial charge in [0.25, 0.3) is 0 Å². The summed E-state index contributed by atoms with van der Waals surface area (Å²) in [5, 5.41) is 0. The van der Waals surface area contributed by atoms with Crippen molar-refractivity contribution in [2.75, 3.05) is 19.7 Å². The van der Waals surface area contributed by atoms with Gasteiger partial charge in [0.2, 0.25) is 6.54 Å².